The lowest BCUT2D eigenvalue weighted by Crippen LogP contribution is -2.22. The number of hydrogen-bond donors (Lipinski definition) is 1. The molecule has 29 heavy (non-hydrogen) atoms. The minimum Gasteiger partial charge on any atom is -0.497 e. The van der Waals surface area contributed by atoms with Crippen molar-refractivity contribution in [2.75, 3.05) is 26.1 Å². The first-order chi connectivity index (χ1) is 14.0. The molecule has 0 aliphatic carbocycles. The lowest BCUT2D eigenvalue weighted by atomic mass is 10.1. The van der Waals surface area contributed by atoms with Crippen LogP contribution < -0.4 is 14.8 Å². The third kappa shape index (κ3) is 4.87. The lowest BCUT2D eigenvalue weighted by Gasteiger charge is -2.12. The molecular weight excluding hydrogens is 374 g/mol. The number of amides is 1. The minimum absolute atomic E-state index is 0.0221. The van der Waals surface area contributed by atoms with E-state index in [1.54, 1.807) is 24.5 Å². The van der Waals surface area contributed by atoms with Gasteiger partial charge in [-0.3, -0.25) is 9.59 Å². The molecule has 1 aromatic heterocycles. The van der Waals surface area contributed by atoms with E-state index in [4.69, 9.17) is 18.6 Å². The maximum atomic E-state index is 12.2. The van der Waals surface area contributed by atoms with Gasteiger partial charge in [0.25, 0.3) is 5.91 Å². The zero-order valence-corrected chi connectivity index (χ0v) is 16.6. The fraction of sp³-hybridized carbons (Fsp3) is 0.273. The zero-order chi connectivity index (χ0) is 20.8. The van der Waals surface area contributed by atoms with E-state index in [1.165, 1.54) is 14.2 Å². The van der Waals surface area contributed by atoms with Gasteiger partial charge in [0.05, 0.1) is 32.6 Å². The number of benzene rings is 2. The molecule has 0 saturated carbocycles. The fourth-order valence-electron chi connectivity index (χ4n) is 2.94. The number of esters is 1. The average molecular weight is 397 g/mol. The molecule has 0 aliphatic rings. The van der Waals surface area contributed by atoms with Crippen LogP contribution in [0.1, 0.15) is 18.1 Å². The van der Waals surface area contributed by atoms with E-state index in [1.807, 2.05) is 18.2 Å². The van der Waals surface area contributed by atoms with Crippen molar-refractivity contribution in [2.24, 2.45) is 0 Å². The summed E-state index contributed by atoms with van der Waals surface area (Å²) in [7, 11) is 3.02. The first kappa shape index (κ1) is 20.3. The second kappa shape index (κ2) is 9.14. The van der Waals surface area contributed by atoms with Crippen LogP contribution in [0.4, 0.5) is 5.69 Å². The molecule has 3 aromatic rings. The number of aryl methyl sites for hydroxylation is 1. The summed E-state index contributed by atoms with van der Waals surface area (Å²) < 4.78 is 21.0. The predicted molar refractivity (Wildman–Crippen MR) is 108 cm³/mol. The molecule has 3 rings (SSSR count). The summed E-state index contributed by atoms with van der Waals surface area (Å²) >= 11 is 0. The van der Waals surface area contributed by atoms with Crippen LogP contribution in [0.15, 0.2) is 47.1 Å². The molecule has 152 valence electrons. The van der Waals surface area contributed by atoms with Crippen LogP contribution in [-0.4, -0.2) is 32.7 Å². The zero-order valence-electron chi connectivity index (χ0n) is 16.6. The highest BCUT2D eigenvalue weighted by atomic mass is 16.5. The predicted octanol–water partition coefficient (Wildman–Crippen LogP) is 3.74. The van der Waals surface area contributed by atoms with Gasteiger partial charge >= 0.3 is 5.97 Å². The van der Waals surface area contributed by atoms with E-state index in [0.29, 0.717) is 17.2 Å². The Morgan fingerprint density at radius 2 is 1.90 bits per heavy atom. The Morgan fingerprint density at radius 1 is 1.07 bits per heavy atom. The van der Waals surface area contributed by atoms with Crippen LogP contribution in [0, 0.1) is 0 Å². The normalized spacial score (nSPS) is 10.6. The Balaban J connectivity index is 1.58. The second-order valence-electron chi connectivity index (χ2n) is 6.40. The number of anilines is 1. The van der Waals surface area contributed by atoms with Crippen LogP contribution in [0.5, 0.6) is 11.5 Å². The van der Waals surface area contributed by atoms with Crippen LogP contribution in [0.25, 0.3) is 11.0 Å². The summed E-state index contributed by atoms with van der Waals surface area (Å²) in [6.07, 6.45) is 2.47. The molecule has 0 spiro atoms. The van der Waals surface area contributed by atoms with Crippen LogP contribution in [0.3, 0.4) is 0 Å². The topological polar surface area (TPSA) is 87.0 Å². The summed E-state index contributed by atoms with van der Waals surface area (Å²) in [5.41, 5.74) is 3.05. The van der Waals surface area contributed by atoms with E-state index in [9.17, 15) is 9.59 Å². The Kier molecular flexibility index (Phi) is 6.39. The molecule has 0 unspecified atom stereocenters. The van der Waals surface area contributed by atoms with Crippen molar-refractivity contribution in [3.8, 4) is 11.5 Å². The third-order valence-electron chi connectivity index (χ3n) is 4.51. The summed E-state index contributed by atoms with van der Waals surface area (Å²) in [4.78, 5) is 24.3. The maximum absolute atomic E-state index is 12.2. The van der Waals surface area contributed by atoms with Gasteiger partial charge < -0.3 is 23.9 Å². The summed E-state index contributed by atoms with van der Waals surface area (Å²) in [5.74, 6) is 0.0486. The van der Waals surface area contributed by atoms with Gasteiger partial charge in [-0.1, -0.05) is 19.1 Å². The number of ether oxygens (including phenoxy) is 3. The fourth-order valence-corrected chi connectivity index (χ4v) is 2.94. The van der Waals surface area contributed by atoms with E-state index in [-0.39, 0.29) is 6.42 Å². The number of methoxy groups -OCH3 is 2. The van der Waals surface area contributed by atoms with E-state index >= 15 is 0 Å². The third-order valence-corrected chi connectivity index (χ3v) is 4.51. The van der Waals surface area contributed by atoms with Crippen molar-refractivity contribution in [1.82, 2.24) is 0 Å². The molecular formula is C22H23NO6. The van der Waals surface area contributed by atoms with Crippen LogP contribution in [0.2, 0.25) is 0 Å². The van der Waals surface area contributed by atoms with Crippen molar-refractivity contribution >= 4 is 28.5 Å². The van der Waals surface area contributed by atoms with Gasteiger partial charge in [-0.15, -0.1) is 0 Å². The molecule has 1 amide bonds. The lowest BCUT2D eigenvalue weighted by molar-refractivity contribution is -0.146. The molecule has 0 fully saturated rings. The standard InChI is InChI=1S/C22H23NO6/c1-4-14-5-7-17-15(12-28-20(17)9-14)10-22(25)29-13-21(24)23-18-11-16(26-2)6-8-19(18)27-3/h5-9,11-12H,4,10,13H2,1-3H3,(H,23,24). The van der Waals surface area contributed by atoms with Gasteiger partial charge in [-0.05, 0) is 30.2 Å². The van der Waals surface area contributed by atoms with Gasteiger partial charge in [-0.25, -0.2) is 0 Å². The van der Waals surface area contributed by atoms with Gasteiger partial charge in [0.15, 0.2) is 6.61 Å². The Morgan fingerprint density at radius 3 is 2.62 bits per heavy atom. The first-order valence-electron chi connectivity index (χ1n) is 9.20. The summed E-state index contributed by atoms with van der Waals surface area (Å²) in [5, 5.41) is 3.52. The first-order valence-corrected chi connectivity index (χ1v) is 9.20. The van der Waals surface area contributed by atoms with E-state index < -0.39 is 18.5 Å². The highest BCUT2D eigenvalue weighted by molar-refractivity contribution is 5.94. The molecule has 0 radical (unpaired) electrons. The smallest absolute Gasteiger partial charge is 0.310 e. The largest absolute Gasteiger partial charge is 0.497 e. The maximum Gasteiger partial charge on any atom is 0.310 e. The van der Waals surface area contributed by atoms with Crippen molar-refractivity contribution < 1.29 is 28.2 Å². The number of nitrogens with one attached hydrogen (secondary N) is 1. The van der Waals surface area contributed by atoms with Crippen molar-refractivity contribution in [2.45, 2.75) is 19.8 Å². The molecule has 0 bridgehead atoms. The Hall–Kier alpha value is -3.48. The molecule has 0 aliphatic heterocycles. The van der Waals surface area contributed by atoms with Gasteiger partial charge in [0.1, 0.15) is 17.1 Å². The van der Waals surface area contributed by atoms with E-state index in [0.717, 1.165) is 28.5 Å². The van der Waals surface area contributed by atoms with Crippen molar-refractivity contribution in [3.63, 3.8) is 0 Å². The summed E-state index contributed by atoms with van der Waals surface area (Å²) in [6.45, 7) is 1.66. The molecule has 0 atom stereocenters. The molecule has 2 aromatic carbocycles. The van der Waals surface area contributed by atoms with Crippen LogP contribution in [-0.2, 0) is 27.2 Å². The highest BCUT2D eigenvalue weighted by Gasteiger charge is 2.15. The Labute approximate surface area is 168 Å². The van der Waals surface area contributed by atoms with E-state index in [2.05, 4.69) is 12.2 Å². The quantitative estimate of drug-likeness (QED) is 0.583. The molecule has 1 N–H and O–H groups in total. The number of fused-ring (bicyclic) bond motifs is 1. The number of furan rings is 1. The number of rotatable bonds is 8. The molecule has 1 heterocycles. The Bertz CT molecular complexity index is 1020. The van der Waals surface area contributed by atoms with Crippen molar-refractivity contribution in [3.05, 3.63) is 53.8 Å². The van der Waals surface area contributed by atoms with Crippen molar-refractivity contribution in [1.29, 1.82) is 0 Å². The van der Waals surface area contributed by atoms with Gasteiger partial charge in [-0.2, -0.15) is 0 Å². The number of hydrogen-bond acceptors (Lipinski definition) is 6. The minimum atomic E-state index is -0.514. The molecule has 7 heteroatoms. The van der Waals surface area contributed by atoms with Crippen LogP contribution >= 0.6 is 0 Å². The molecule has 0 saturated heterocycles. The number of carbonyl (C=O) groups excluding carboxylic acids is 2. The molecule has 7 nitrogen and oxygen atoms in total. The monoisotopic (exact) mass is 397 g/mol. The second-order valence-corrected chi connectivity index (χ2v) is 6.40. The van der Waals surface area contributed by atoms with Gasteiger partial charge in [0, 0.05) is 17.0 Å². The van der Waals surface area contributed by atoms with Gasteiger partial charge in [0.2, 0.25) is 0 Å². The summed E-state index contributed by atoms with van der Waals surface area (Å²) in [6, 6.07) is 10.9. The average Bonchev–Trinajstić information content (AvgIpc) is 3.13. The highest BCUT2D eigenvalue weighted by Crippen LogP contribution is 2.29. The SMILES string of the molecule is CCc1ccc2c(CC(=O)OCC(=O)Nc3cc(OC)ccc3OC)coc2c1. The number of carbonyl (C=O) groups is 2.